The zero-order valence-electron chi connectivity index (χ0n) is 19.3. The van der Waals surface area contributed by atoms with Crippen LogP contribution < -0.4 is 10.1 Å². The number of halogens is 6. The van der Waals surface area contributed by atoms with E-state index in [1.807, 2.05) is 0 Å². The normalized spacial score (nSPS) is 11.9. The third-order valence-corrected chi connectivity index (χ3v) is 5.00. The van der Waals surface area contributed by atoms with E-state index in [1.165, 1.54) is 30.5 Å². The van der Waals surface area contributed by atoms with Crippen LogP contribution in [-0.4, -0.2) is 27.4 Å². The maximum Gasteiger partial charge on any atom is 0.573 e. The number of aromatic nitrogens is 2. The van der Waals surface area contributed by atoms with Gasteiger partial charge in [0.05, 0.1) is 22.5 Å². The average Bonchev–Trinajstić information content (AvgIpc) is 2.87. The molecule has 0 aliphatic rings. The van der Waals surface area contributed by atoms with Crippen LogP contribution in [0.2, 0.25) is 0 Å². The van der Waals surface area contributed by atoms with Gasteiger partial charge in [-0.05, 0) is 54.6 Å². The quantitative estimate of drug-likeness (QED) is 0.180. The van der Waals surface area contributed by atoms with E-state index in [0.29, 0.717) is 16.9 Å². The number of alkyl halides is 6. The predicted molar refractivity (Wildman–Crippen MR) is 126 cm³/mol. The lowest BCUT2D eigenvalue weighted by atomic mass is 10.1. The standard InChI is InChI=1S/C25H15F6N5O3/c26-24(27,28)15-6-8-16(9-7-15)33-23-32-12-11-18(34-23)17-3-1-2-4-19(17)35-36-20-13-14(22(37)38)5-10-21(20)39-25(29,30)31/h1-13H,(H,37,38)(H,32,33,34)/b36-35+. The second-order valence-electron chi connectivity index (χ2n) is 7.72. The minimum atomic E-state index is -5.05. The highest BCUT2D eigenvalue weighted by Gasteiger charge is 2.32. The van der Waals surface area contributed by atoms with Crippen LogP contribution in [0.1, 0.15) is 15.9 Å². The monoisotopic (exact) mass is 547 g/mol. The summed E-state index contributed by atoms with van der Waals surface area (Å²) in [4.78, 5) is 19.7. The van der Waals surface area contributed by atoms with Gasteiger partial charge in [-0.3, -0.25) is 0 Å². The molecule has 0 saturated carbocycles. The second-order valence-corrected chi connectivity index (χ2v) is 7.72. The number of aromatic carboxylic acids is 1. The summed E-state index contributed by atoms with van der Waals surface area (Å²) >= 11 is 0. The zero-order chi connectivity index (χ0) is 28.2. The maximum atomic E-state index is 12.8. The number of hydrogen-bond acceptors (Lipinski definition) is 7. The van der Waals surface area contributed by atoms with Gasteiger partial charge >= 0.3 is 18.5 Å². The number of anilines is 2. The van der Waals surface area contributed by atoms with Crippen LogP contribution in [0.3, 0.4) is 0 Å². The first-order valence-corrected chi connectivity index (χ1v) is 10.8. The molecule has 0 radical (unpaired) electrons. The fourth-order valence-electron chi connectivity index (χ4n) is 3.27. The molecule has 0 amide bonds. The number of rotatable bonds is 7. The van der Waals surface area contributed by atoms with Crippen LogP contribution in [0.4, 0.5) is 49.4 Å². The lowest BCUT2D eigenvalue weighted by Crippen LogP contribution is -2.17. The molecule has 0 aliphatic carbocycles. The van der Waals surface area contributed by atoms with Crippen LogP contribution in [-0.2, 0) is 6.18 Å². The minimum Gasteiger partial charge on any atom is -0.478 e. The molecule has 0 bridgehead atoms. The molecule has 4 aromatic rings. The Labute approximate surface area is 215 Å². The molecule has 200 valence electrons. The first kappa shape index (κ1) is 27.0. The summed E-state index contributed by atoms with van der Waals surface area (Å²) in [6, 6.07) is 14.7. The first-order valence-electron chi connectivity index (χ1n) is 10.8. The van der Waals surface area contributed by atoms with Crippen LogP contribution in [0.5, 0.6) is 5.75 Å². The molecule has 4 rings (SSSR count). The van der Waals surface area contributed by atoms with E-state index in [9.17, 15) is 36.2 Å². The van der Waals surface area contributed by atoms with Crippen LogP contribution >= 0.6 is 0 Å². The fourth-order valence-corrected chi connectivity index (χ4v) is 3.27. The van der Waals surface area contributed by atoms with Gasteiger partial charge in [0.25, 0.3) is 0 Å². The number of nitrogens with zero attached hydrogens (tertiary/aromatic N) is 4. The average molecular weight is 547 g/mol. The van der Waals surface area contributed by atoms with Crippen molar-refractivity contribution in [1.29, 1.82) is 0 Å². The predicted octanol–water partition coefficient (Wildman–Crippen LogP) is 7.92. The number of nitrogens with one attached hydrogen (secondary N) is 1. The third kappa shape index (κ3) is 7.06. The Morgan fingerprint density at radius 3 is 2.23 bits per heavy atom. The summed E-state index contributed by atoms with van der Waals surface area (Å²) in [6.45, 7) is 0. The van der Waals surface area contributed by atoms with Crippen molar-refractivity contribution < 1.29 is 41.0 Å². The highest BCUT2D eigenvalue weighted by atomic mass is 19.4. The SMILES string of the molecule is O=C(O)c1ccc(OC(F)(F)F)c(/N=N/c2ccccc2-c2ccnc(Nc3ccc(C(F)(F)F)cc3)n2)c1. The zero-order valence-corrected chi connectivity index (χ0v) is 19.3. The third-order valence-electron chi connectivity index (χ3n) is 5.00. The highest BCUT2D eigenvalue weighted by Crippen LogP contribution is 2.36. The lowest BCUT2D eigenvalue weighted by molar-refractivity contribution is -0.274. The van der Waals surface area contributed by atoms with Gasteiger partial charge in [-0.2, -0.15) is 13.2 Å². The Bertz CT molecular complexity index is 1520. The Kier molecular flexibility index (Phi) is 7.47. The van der Waals surface area contributed by atoms with Crippen molar-refractivity contribution >= 4 is 29.0 Å². The largest absolute Gasteiger partial charge is 0.573 e. The van der Waals surface area contributed by atoms with Crippen molar-refractivity contribution in [2.45, 2.75) is 12.5 Å². The van der Waals surface area contributed by atoms with Gasteiger partial charge < -0.3 is 15.2 Å². The van der Waals surface area contributed by atoms with Crippen molar-refractivity contribution in [3.63, 3.8) is 0 Å². The molecule has 0 fully saturated rings. The molecule has 3 aromatic carbocycles. The lowest BCUT2D eigenvalue weighted by Gasteiger charge is -2.11. The molecule has 39 heavy (non-hydrogen) atoms. The number of azo groups is 1. The molecule has 0 spiro atoms. The van der Waals surface area contributed by atoms with Gasteiger partial charge in [-0.15, -0.1) is 23.4 Å². The van der Waals surface area contributed by atoms with E-state index in [0.717, 1.165) is 30.3 Å². The van der Waals surface area contributed by atoms with Crippen LogP contribution in [0.25, 0.3) is 11.3 Å². The van der Waals surface area contributed by atoms with E-state index in [4.69, 9.17) is 0 Å². The minimum absolute atomic E-state index is 0.0500. The Morgan fingerprint density at radius 2 is 1.56 bits per heavy atom. The van der Waals surface area contributed by atoms with Crippen molar-refractivity contribution in [2.75, 3.05) is 5.32 Å². The van der Waals surface area contributed by atoms with E-state index in [-0.39, 0.29) is 17.2 Å². The number of carboxylic acids is 1. The summed E-state index contributed by atoms with van der Waals surface area (Å²) in [5, 5.41) is 19.8. The Morgan fingerprint density at radius 1 is 0.872 bits per heavy atom. The van der Waals surface area contributed by atoms with E-state index >= 15 is 0 Å². The fraction of sp³-hybridized carbons (Fsp3) is 0.0800. The summed E-state index contributed by atoms with van der Waals surface area (Å²) < 4.78 is 80.8. The summed E-state index contributed by atoms with van der Waals surface area (Å²) in [7, 11) is 0. The Balaban J connectivity index is 1.64. The number of ether oxygens (including phenoxy) is 1. The number of carbonyl (C=O) groups is 1. The second kappa shape index (κ2) is 10.8. The van der Waals surface area contributed by atoms with Crippen LogP contribution in [0, 0.1) is 0 Å². The first-order chi connectivity index (χ1) is 18.4. The van der Waals surface area contributed by atoms with E-state index < -0.39 is 35.5 Å². The van der Waals surface area contributed by atoms with Gasteiger partial charge in [0, 0.05) is 17.4 Å². The molecule has 14 heteroatoms. The molecule has 0 aliphatic heterocycles. The van der Waals surface area contributed by atoms with E-state index in [1.54, 1.807) is 18.2 Å². The molecular formula is C25H15F6N5O3. The maximum absolute atomic E-state index is 12.8. The molecule has 2 N–H and O–H groups in total. The van der Waals surface area contributed by atoms with Gasteiger partial charge in [-0.1, -0.05) is 18.2 Å². The molecular weight excluding hydrogens is 532 g/mol. The number of benzene rings is 3. The molecule has 1 heterocycles. The van der Waals surface area contributed by atoms with Crippen LogP contribution in [0.15, 0.2) is 89.2 Å². The van der Waals surface area contributed by atoms with Crippen molar-refractivity contribution in [3.8, 4) is 17.0 Å². The van der Waals surface area contributed by atoms with Crippen molar-refractivity contribution in [3.05, 3.63) is 90.1 Å². The molecule has 0 atom stereocenters. The molecule has 0 saturated heterocycles. The van der Waals surface area contributed by atoms with Gasteiger partial charge in [0.1, 0.15) is 5.69 Å². The summed E-state index contributed by atoms with van der Waals surface area (Å²) in [5.74, 6) is -2.09. The van der Waals surface area contributed by atoms with Gasteiger partial charge in [0.2, 0.25) is 5.95 Å². The highest BCUT2D eigenvalue weighted by molar-refractivity contribution is 5.89. The van der Waals surface area contributed by atoms with Crippen molar-refractivity contribution in [1.82, 2.24) is 9.97 Å². The molecule has 0 unspecified atom stereocenters. The molecule has 8 nitrogen and oxygen atoms in total. The van der Waals surface area contributed by atoms with Crippen molar-refractivity contribution in [2.24, 2.45) is 10.2 Å². The smallest absolute Gasteiger partial charge is 0.478 e. The Hall–Kier alpha value is -5.01. The number of carboxylic acid groups (broad SMARTS) is 1. The summed E-state index contributed by atoms with van der Waals surface area (Å²) in [5.41, 5.74) is -0.485. The van der Waals surface area contributed by atoms with Gasteiger partial charge in [0.15, 0.2) is 5.75 Å². The summed E-state index contributed by atoms with van der Waals surface area (Å²) in [6.07, 6.45) is -8.15. The van der Waals surface area contributed by atoms with E-state index in [2.05, 4.69) is 30.3 Å². The molecule has 1 aromatic heterocycles. The van der Waals surface area contributed by atoms with Gasteiger partial charge in [-0.25, -0.2) is 14.8 Å². The number of hydrogen-bond donors (Lipinski definition) is 2. The topological polar surface area (TPSA) is 109 Å².